The van der Waals surface area contributed by atoms with Crippen LogP contribution in [0.4, 0.5) is 8.78 Å². The third-order valence-electron chi connectivity index (χ3n) is 8.70. The van der Waals surface area contributed by atoms with Crippen molar-refractivity contribution in [2.24, 2.45) is 11.3 Å². The largest absolute Gasteiger partial charge is 0.264 e. The zero-order valence-electron chi connectivity index (χ0n) is 22.9. The SMILES string of the molecule is C[C@]12Cc3cnn(-c4ccc(F)cc4)c3C=C1CC[C@@H]2CN(CCc1ccccc1F)S(=O)(=O)Cc1cccnc1. The van der Waals surface area contributed by atoms with Crippen LogP contribution in [0.2, 0.25) is 0 Å². The number of aromatic nitrogens is 3. The van der Waals surface area contributed by atoms with Gasteiger partial charge in [0.1, 0.15) is 11.6 Å². The van der Waals surface area contributed by atoms with E-state index < -0.39 is 10.0 Å². The van der Waals surface area contributed by atoms with Gasteiger partial charge in [-0.05, 0) is 96.2 Å². The average Bonchev–Trinajstić information content (AvgIpc) is 3.50. The molecule has 6 nitrogen and oxygen atoms in total. The van der Waals surface area contributed by atoms with E-state index in [1.54, 1.807) is 59.2 Å². The highest BCUT2D eigenvalue weighted by Crippen LogP contribution is 2.53. The molecular formula is C32H32F2N4O2S. The molecule has 2 heterocycles. The summed E-state index contributed by atoms with van der Waals surface area (Å²) in [5.74, 6) is -0.690. The number of nitrogens with zero attached hydrogens (tertiary/aromatic N) is 4. The smallest absolute Gasteiger partial charge is 0.218 e. The van der Waals surface area contributed by atoms with Crippen LogP contribution in [0.3, 0.4) is 0 Å². The van der Waals surface area contributed by atoms with Gasteiger partial charge in [0.2, 0.25) is 10.0 Å². The van der Waals surface area contributed by atoms with Gasteiger partial charge in [-0.25, -0.2) is 26.2 Å². The van der Waals surface area contributed by atoms with Crippen LogP contribution in [0, 0.1) is 23.0 Å². The predicted molar refractivity (Wildman–Crippen MR) is 155 cm³/mol. The summed E-state index contributed by atoms with van der Waals surface area (Å²) in [4.78, 5) is 4.08. The number of hydrogen-bond donors (Lipinski definition) is 0. The minimum Gasteiger partial charge on any atom is -0.264 e. The quantitative estimate of drug-likeness (QED) is 0.247. The molecule has 212 valence electrons. The number of benzene rings is 2. The molecule has 0 aliphatic heterocycles. The van der Waals surface area contributed by atoms with E-state index in [4.69, 9.17) is 0 Å². The van der Waals surface area contributed by atoms with Crippen LogP contribution >= 0.6 is 0 Å². The lowest BCUT2D eigenvalue weighted by Crippen LogP contribution is -2.42. The number of rotatable bonds is 9. The van der Waals surface area contributed by atoms with Crippen LogP contribution in [-0.2, 0) is 28.6 Å². The van der Waals surface area contributed by atoms with Crippen LogP contribution < -0.4 is 0 Å². The van der Waals surface area contributed by atoms with Crippen molar-refractivity contribution in [3.05, 3.63) is 119 Å². The maximum Gasteiger partial charge on any atom is 0.218 e. The molecule has 2 aliphatic rings. The molecule has 0 radical (unpaired) electrons. The van der Waals surface area contributed by atoms with Gasteiger partial charge in [-0.1, -0.05) is 36.8 Å². The van der Waals surface area contributed by atoms with Gasteiger partial charge in [0.05, 0.1) is 23.3 Å². The first-order valence-corrected chi connectivity index (χ1v) is 15.5. The van der Waals surface area contributed by atoms with Crippen molar-refractivity contribution in [3.63, 3.8) is 0 Å². The van der Waals surface area contributed by atoms with Crippen LogP contribution in [0.5, 0.6) is 0 Å². The molecule has 9 heteroatoms. The van der Waals surface area contributed by atoms with E-state index in [1.807, 2.05) is 10.9 Å². The zero-order chi connectivity index (χ0) is 28.6. The second-order valence-electron chi connectivity index (χ2n) is 11.3. The summed E-state index contributed by atoms with van der Waals surface area (Å²) in [6.07, 6.45) is 9.99. The van der Waals surface area contributed by atoms with E-state index in [0.29, 0.717) is 24.1 Å². The lowest BCUT2D eigenvalue weighted by atomic mass is 9.70. The minimum atomic E-state index is -3.70. The molecule has 0 unspecified atom stereocenters. The molecule has 4 aromatic rings. The van der Waals surface area contributed by atoms with Crippen molar-refractivity contribution in [2.45, 2.75) is 38.4 Å². The average molecular weight is 575 g/mol. The lowest BCUT2D eigenvalue weighted by molar-refractivity contribution is 0.221. The molecule has 41 heavy (non-hydrogen) atoms. The van der Waals surface area contributed by atoms with Crippen molar-refractivity contribution < 1.29 is 17.2 Å². The molecule has 0 spiro atoms. The Balaban J connectivity index is 1.27. The number of pyridine rings is 1. The van der Waals surface area contributed by atoms with Crippen molar-refractivity contribution >= 4 is 16.1 Å². The zero-order valence-corrected chi connectivity index (χ0v) is 23.7. The molecule has 6 rings (SSSR count). The van der Waals surface area contributed by atoms with Gasteiger partial charge in [0.15, 0.2) is 0 Å². The Labute approximate surface area is 239 Å². The van der Waals surface area contributed by atoms with E-state index >= 15 is 0 Å². The highest BCUT2D eigenvalue weighted by Gasteiger charge is 2.47. The summed E-state index contributed by atoms with van der Waals surface area (Å²) < 4.78 is 58.9. The van der Waals surface area contributed by atoms with E-state index in [0.717, 1.165) is 36.2 Å². The number of fused-ring (bicyclic) bond motifs is 2. The Morgan fingerprint density at radius 2 is 1.85 bits per heavy atom. The second-order valence-corrected chi connectivity index (χ2v) is 13.2. The molecule has 0 bridgehead atoms. The maximum absolute atomic E-state index is 14.4. The number of hydrogen-bond acceptors (Lipinski definition) is 4. The Kier molecular flexibility index (Phi) is 7.34. The first kappa shape index (κ1) is 27.5. The van der Waals surface area contributed by atoms with Gasteiger partial charge in [-0.3, -0.25) is 4.98 Å². The fraction of sp³-hybridized carbons (Fsp3) is 0.312. The topological polar surface area (TPSA) is 68.1 Å². The summed E-state index contributed by atoms with van der Waals surface area (Å²) in [5.41, 5.74) is 5.04. The third-order valence-corrected chi connectivity index (χ3v) is 10.5. The summed E-state index contributed by atoms with van der Waals surface area (Å²) in [6.45, 7) is 2.77. The lowest BCUT2D eigenvalue weighted by Gasteiger charge is -2.38. The Bertz CT molecular complexity index is 1690. The number of sulfonamides is 1. The molecule has 2 aromatic carbocycles. The van der Waals surface area contributed by atoms with E-state index in [-0.39, 0.29) is 35.3 Å². The number of halogens is 2. The summed E-state index contributed by atoms with van der Waals surface area (Å²) in [6, 6.07) is 16.3. The van der Waals surface area contributed by atoms with E-state index in [1.165, 1.54) is 23.8 Å². The highest BCUT2D eigenvalue weighted by molar-refractivity contribution is 7.88. The molecular weight excluding hydrogens is 542 g/mol. The first-order chi connectivity index (χ1) is 19.7. The van der Waals surface area contributed by atoms with E-state index in [9.17, 15) is 17.2 Å². The first-order valence-electron chi connectivity index (χ1n) is 13.9. The van der Waals surface area contributed by atoms with Crippen LogP contribution in [0.1, 0.15) is 42.1 Å². The second kappa shape index (κ2) is 10.9. The van der Waals surface area contributed by atoms with Crippen molar-refractivity contribution in [2.75, 3.05) is 13.1 Å². The van der Waals surface area contributed by atoms with Gasteiger partial charge in [0, 0.05) is 25.5 Å². The predicted octanol–water partition coefficient (Wildman–Crippen LogP) is 5.98. The molecule has 2 aromatic heterocycles. The maximum atomic E-state index is 14.4. The van der Waals surface area contributed by atoms with Gasteiger partial charge >= 0.3 is 0 Å². The number of allylic oxidation sites excluding steroid dienone is 1. The standard InChI is InChI=1S/C32H32F2N4O2S/c1-32-18-25-20-36-38(29-12-10-28(33)11-13-29)31(25)17-26(32)8-9-27(32)21-37(16-14-24-6-2-3-7-30(24)34)41(39,40)22-23-5-4-15-35-19-23/h2-7,10-13,15,17,19-20,27H,8-9,14,16,18,21-22H2,1H3/t27-,32+/m1/s1. The fourth-order valence-electron chi connectivity index (χ4n) is 6.34. The Hall–Kier alpha value is -3.69. The van der Waals surface area contributed by atoms with Gasteiger partial charge < -0.3 is 0 Å². The van der Waals surface area contributed by atoms with Crippen molar-refractivity contribution in [3.8, 4) is 5.69 Å². The van der Waals surface area contributed by atoms with Crippen molar-refractivity contribution in [1.29, 1.82) is 0 Å². The normalized spacial score (nSPS) is 20.1. The van der Waals surface area contributed by atoms with Crippen molar-refractivity contribution in [1.82, 2.24) is 19.1 Å². The molecule has 0 amide bonds. The monoisotopic (exact) mass is 574 g/mol. The molecule has 1 saturated carbocycles. The Morgan fingerprint density at radius 3 is 2.61 bits per heavy atom. The van der Waals surface area contributed by atoms with Crippen LogP contribution in [0.15, 0.2) is 84.8 Å². The summed E-state index contributed by atoms with van der Waals surface area (Å²) in [7, 11) is -3.70. The van der Waals surface area contributed by atoms with Gasteiger partial charge in [-0.15, -0.1) is 0 Å². The molecule has 1 fully saturated rings. The fourth-order valence-corrected chi connectivity index (χ4v) is 7.89. The molecule has 0 N–H and O–H groups in total. The molecule has 0 saturated heterocycles. The van der Waals surface area contributed by atoms with Crippen LogP contribution in [-0.4, -0.2) is 40.6 Å². The molecule has 2 atom stereocenters. The van der Waals surface area contributed by atoms with Crippen LogP contribution in [0.25, 0.3) is 11.8 Å². The van der Waals surface area contributed by atoms with Gasteiger partial charge in [-0.2, -0.15) is 5.10 Å². The van der Waals surface area contributed by atoms with Gasteiger partial charge in [0.25, 0.3) is 0 Å². The third kappa shape index (κ3) is 5.48. The summed E-state index contributed by atoms with van der Waals surface area (Å²) in [5, 5.41) is 4.60. The van der Waals surface area contributed by atoms with E-state index in [2.05, 4.69) is 23.1 Å². The highest BCUT2D eigenvalue weighted by atomic mass is 32.2. The molecule has 2 aliphatic carbocycles. The minimum absolute atomic E-state index is 0.0837. The Morgan fingerprint density at radius 1 is 1.05 bits per heavy atom. The summed E-state index contributed by atoms with van der Waals surface area (Å²) >= 11 is 0.